The second-order valence-electron chi connectivity index (χ2n) is 6.09. The lowest BCUT2D eigenvalue weighted by Gasteiger charge is -2.48. The molecule has 1 aromatic rings. The SMILES string of the molecule is CC(C)C(NCC1(N(C)C)CCC1)c1cccs1. The van der Waals surface area contributed by atoms with Gasteiger partial charge in [-0.05, 0) is 50.7 Å². The van der Waals surface area contributed by atoms with Crippen molar-refractivity contribution in [3.05, 3.63) is 22.4 Å². The van der Waals surface area contributed by atoms with Crippen LogP contribution in [0.3, 0.4) is 0 Å². The van der Waals surface area contributed by atoms with E-state index in [0.717, 1.165) is 6.54 Å². The quantitative estimate of drug-likeness (QED) is 0.847. The minimum absolute atomic E-state index is 0.407. The Morgan fingerprint density at radius 2 is 2.11 bits per heavy atom. The fourth-order valence-corrected chi connectivity index (χ4v) is 3.77. The summed E-state index contributed by atoms with van der Waals surface area (Å²) in [5.74, 6) is 0.642. The summed E-state index contributed by atoms with van der Waals surface area (Å²) >= 11 is 1.87. The molecule has 1 N–H and O–H groups in total. The summed E-state index contributed by atoms with van der Waals surface area (Å²) in [6, 6.07) is 4.91. The molecule has 0 aliphatic heterocycles. The van der Waals surface area contributed by atoms with Crippen molar-refractivity contribution in [3.63, 3.8) is 0 Å². The van der Waals surface area contributed by atoms with Crippen molar-refractivity contribution in [2.75, 3.05) is 20.6 Å². The summed E-state index contributed by atoms with van der Waals surface area (Å²) < 4.78 is 0. The molecule has 1 atom stereocenters. The zero-order chi connectivity index (χ0) is 13.2. The van der Waals surface area contributed by atoms with Crippen molar-refractivity contribution < 1.29 is 0 Å². The summed E-state index contributed by atoms with van der Waals surface area (Å²) in [6.45, 7) is 5.72. The highest BCUT2D eigenvalue weighted by molar-refractivity contribution is 7.10. The molecule has 2 rings (SSSR count). The van der Waals surface area contributed by atoms with E-state index in [1.54, 1.807) is 0 Å². The van der Waals surface area contributed by atoms with Crippen molar-refractivity contribution >= 4 is 11.3 Å². The summed E-state index contributed by atoms with van der Waals surface area (Å²) in [4.78, 5) is 3.88. The Bertz CT molecular complexity index is 353. The highest BCUT2D eigenvalue weighted by Gasteiger charge is 2.39. The summed E-state index contributed by atoms with van der Waals surface area (Å²) in [6.07, 6.45) is 4.05. The van der Waals surface area contributed by atoms with E-state index in [4.69, 9.17) is 0 Å². The van der Waals surface area contributed by atoms with Gasteiger partial charge in [-0.25, -0.2) is 0 Å². The first-order valence-electron chi connectivity index (χ1n) is 6.99. The zero-order valence-corrected chi connectivity index (χ0v) is 12.9. The van der Waals surface area contributed by atoms with Gasteiger partial charge in [-0.15, -0.1) is 11.3 Å². The van der Waals surface area contributed by atoms with Gasteiger partial charge in [0.1, 0.15) is 0 Å². The van der Waals surface area contributed by atoms with Gasteiger partial charge in [0.05, 0.1) is 0 Å². The van der Waals surface area contributed by atoms with Gasteiger partial charge in [0.15, 0.2) is 0 Å². The minimum atomic E-state index is 0.407. The largest absolute Gasteiger partial charge is 0.307 e. The van der Waals surface area contributed by atoms with Crippen LogP contribution in [0.15, 0.2) is 17.5 Å². The van der Waals surface area contributed by atoms with Crippen LogP contribution in [-0.2, 0) is 0 Å². The Morgan fingerprint density at radius 3 is 2.50 bits per heavy atom. The Balaban J connectivity index is 1.98. The molecule has 102 valence electrons. The maximum Gasteiger partial charge on any atom is 0.0438 e. The van der Waals surface area contributed by atoms with Gasteiger partial charge in [-0.1, -0.05) is 19.9 Å². The van der Waals surface area contributed by atoms with Gasteiger partial charge >= 0.3 is 0 Å². The number of nitrogens with one attached hydrogen (secondary N) is 1. The lowest BCUT2D eigenvalue weighted by Crippen LogP contribution is -2.57. The van der Waals surface area contributed by atoms with Crippen LogP contribution >= 0.6 is 11.3 Å². The van der Waals surface area contributed by atoms with Crippen molar-refractivity contribution in [2.45, 2.75) is 44.7 Å². The van der Waals surface area contributed by atoms with E-state index in [9.17, 15) is 0 Å². The van der Waals surface area contributed by atoms with Gasteiger partial charge < -0.3 is 10.2 Å². The van der Waals surface area contributed by atoms with Crippen LogP contribution < -0.4 is 5.32 Å². The third kappa shape index (κ3) is 2.79. The third-order valence-corrected chi connectivity index (χ3v) is 5.36. The van der Waals surface area contributed by atoms with Crippen LogP contribution in [0.5, 0.6) is 0 Å². The molecule has 0 aromatic carbocycles. The maximum atomic E-state index is 3.81. The topological polar surface area (TPSA) is 15.3 Å². The van der Waals surface area contributed by atoms with Gasteiger partial charge in [0.25, 0.3) is 0 Å². The number of nitrogens with zero attached hydrogens (tertiary/aromatic N) is 1. The molecule has 0 radical (unpaired) electrons. The van der Waals surface area contributed by atoms with Crippen LogP contribution in [0.1, 0.15) is 44.0 Å². The normalized spacial score (nSPS) is 20.1. The van der Waals surface area contributed by atoms with E-state index >= 15 is 0 Å². The molecule has 1 heterocycles. The van der Waals surface area contributed by atoms with Crippen molar-refractivity contribution in [2.24, 2.45) is 5.92 Å². The second-order valence-corrected chi connectivity index (χ2v) is 7.07. The summed E-state index contributed by atoms with van der Waals surface area (Å²) in [5.41, 5.74) is 0.407. The number of hydrogen-bond donors (Lipinski definition) is 1. The van der Waals surface area contributed by atoms with Gasteiger partial charge in [0, 0.05) is 23.0 Å². The van der Waals surface area contributed by atoms with Gasteiger partial charge in [0.2, 0.25) is 0 Å². The highest BCUT2D eigenvalue weighted by atomic mass is 32.1. The Labute approximate surface area is 115 Å². The molecular weight excluding hydrogens is 240 g/mol. The fourth-order valence-electron chi connectivity index (χ4n) is 2.80. The highest BCUT2D eigenvalue weighted by Crippen LogP contribution is 2.36. The van der Waals surface area contributed by atoms with E-state index in [2.05, 4.69) is 55.7 Å². The molecule has 1 unspecified atom stereocenters. The molecule has 0 saturated heterocycles. The van der Waals surface area contributed by atoms with Crippen molar-refractivity contribution in [3.8, 4) is 0 Å². The number of hydrogen-bond acceptors (Lipinski definition) is 3. The van der Waals surface area contributed by atoms with E-state index in [1.807, 2.05) is 11.3 Å². The lowest BCUT2D eigenvalue weighted by atomic mass is 9.75. The van der Waals surface area contributed by atoms with Crippen LogP contribution in [0.2, 0.25) is 0 Å². The Kier molecular flexibility index (Phi) is 4.46. The minimum Gasteiger partial charge on any atom is -0.307 e. The number of thiophene rings is 1. The molecule has 0 amide bonds. The van der Waals surface area contributed by atoms with E-state index in [-0.39, 0.29) is 0 Å². The van der Waals surface area contributed by atoms with Crippen LogP contribution in [0, 0.1) is 5.92 Å². The molecule has 1 aromatic heterocycles. The predicted molar refractivity (Wildman–Crippen MR) is 80.2 cm³/mol. The molecule has 1 aliphatic carbocycles. The zero-order valence-electron chi connectivity index (χ0n) is 12.1. The molecule has 3 heteroatoms. The monoisotopic (exact) mass is 266 g/mol. The van der Waals surface area contributed by atoms with Crippen LogP contribution in [0.25, 0.3) is 0 Å². The molecule has 1 saturated carbocycles. The molecule has 1 fully saturated rings. The van der Waals surface area contributed by atoms with Crippen molar-refractivity contribution in [1.29, 1.82) is 0 Å². The molecule has 1 aliphatic rings. The lowest BCUT2D eigenvalue weighted by molar-refractivity contribution is 0.0554. The molecule has 18 heavy (non-hydrogen) atoms. The molecular formula is C15H26N2S. The van der Waals surface area contributed by atoms with Crippen LogP contribution in [-0.4, -0.2) is 31.1 Å². The first-order chi connectivity index (χ1) is 8.55. The fraction of sp³-hybridized carbons (Fsp3) is 0.733. The Morgan fingerprint density at radius 1 is 1.39 bits per heavy atom. The van der Waals surface area contributed by atoms with E-state index in [1.165, 1.54) is 24.1 Å². The van der Waals surface area contributed by atoms with Crippen LogP contribution in [0.4, 0.5) is 0 Å². The number of rotatable bonds is 6. The third-order valence-electron chi connectivity index (χ3n) is 4.40. The standard InChI is InChI=1S/C15H26N2S/c1-12(2)14(13-7-5-10-18-13)16-11-15(17(3)4)8-6-9-15/h5,7,10,12,14,16H,6,8-9,11H2,1-4H3. The molecule has 2 nitrogen and oxygen atoms in total. The Hall–Kier alpha value is -0.380. The maximum absolute atomic E-state index is 3.81. The summed E-state index contributed by atoms with van der Waals surface area (Å²) in [7, 11) is 4.44. The van der Waals surface area contributed by atoms with Gasteiger partial charge in [-0.3, -0.25) is 0 Å². The average Bonchev–Trinajstić information content (AvgIpc) is 2.73. The smallest absolute Gasteiger partial charge is 0.0438 e. The molecule has 0 bridgehead atoms. The average molecular weight is 266 g/mol. The predicted octanol–water partition coefficient (Wildman–Crippen LogP) is 3.52. The van der Waals surface area contributed by atoms with E-state index in [0.29, 0.717) is 17.5 Å². The number of likely N-dealkylation sites (N-methyl/N-ethyl adjacent to an activating group) is 1. The van der Waals surface area contributed by atoms with Gasteiger partial charge in [-0.2, -0.15) is 0 Å². The second kappa shape index (κ2) is 5.72. The molecule has 0 spiro atoms. The van der Waals surface area contributed by atoms with Crippen molar-refractivity contribution in [1.82, 2.24) is 10.2 Å². The first-order valence-corrected chi connectivity index (χ1v) is 7.87. The first kappa shape index (κ1) is 14.0. The van der Waals surface area contributed by atoms with E-state index < -0.39 is 0 Å². The summed E-state index contributed by atoms with van der Waals surface area (Å²) in [5, 5.41) is 5.99.